The van der Waals surface area contributed by atoms with Crippen molar-refractivity contribution in [1.29, 1.82) is 0 Å². The summed E-state index contributed by atoms with van der Waals surface area (Å²) in [5.41, 5.74) is 1.23. The molecule has 1 fully saturated rings. The maximum Gasteiger partial charge on any atom is 0.256 e. The second kappa shape index (κ2) is 5.99. The van der Waals surface area contributed by atoms with Gasteiger partial charge in [-0.05, 0) is 30.3 Å². The number of hydrogen-bond donors (Lipinski definition) is 1. The quantitative estimate of drug-likeness (QED) is 0.870. The van der Waals surface area contributed by atoms with Crippen LogP contribution in [0.1, 0.15) is 6.42 Å². The highest BCUT2D eigenvalue weighted by Crippen LogP contribution is 2.30. The molecule has 0 saturated carbocycles. The van der Waals surface area contributed by atoms with E-state index in [-0.39, 0.29) is 18.2 Å². The molecule has 1 heterocycles. The minimum Gasteiger partial charge on any atom is -0.373 e. The van der Waals surface area contributed by atoms with E-state index in [1.807, 2.05) is 30.3 Å². The third-order valence-corrected chi connectivity index (χ3v) is 4.16. The first-order valence-corrected chi connectivity index (χ1v) is 7.45. The first-order valence-electron chi connectivity index (χ1n) is 6.69. The van der Waals surface area contributed by atoms with Crippen LogP contribution in [0.25, 0.3) is 0 Å². The summed E-state index contributed by atoms with van der Waals surface area (Å²) in [7, 11) is 0. The minimum atomic E-state index is -0.579. The van der Waals surface area contributed by atoms with Crippen LogP contribution in [0, 0.1) is 0 Å². The van der Waals surface area contributed by atoms with Gasteiger partial charge in [-0.1, -0.05) is 41.4 Å². The van der Waals surface area contributed by atoms with Gasteiger partial charge in [-0.3, -0.25) is 9.59 Å². The number of anilines is 2. The van der Waals surface area contributed by atoms with Crippen molar-refractivity contribution in [3.05, 3.63) is 58.6 Å². The number of benzene rings is 2. The molecule has 2 aromatic rings. The molecule has 4 nitrogen and oxygen atoms in total. The van der Waals surface area contributed by atoms with Crippen LogP contribution in [0.3, 0.4) is 0 Å². The Morgan fingerprint density at radius 1 is 1.00 bits per heavy atom. The van der Waals surface area contributed by atoms with Crippen molar-refractivity contribution in [3.8, 4) is 0 Å². The number of imide groups is 1. The lowest BCUT2D eigenvalue weighted by molar-refractivity contribution is -0.121. The fraction of sp³-hybridized carbons (Fsp3) is 0.125. The molecule has 2 aromatic carbocycles. The molecule has 0 radical (unpaired) electrons. The highest BCUT2D eigenvalue weighted by atomic mass is 35.5. The maximum atomic E-state index is 12.5. The summed E-state index contributed by atoms with van der Waals surface area (Å²) < 4.78 is 0. The normalized spacial score (nSPS) is 17.9. The van der Waals surface area contributed by atoms with Crippen LogP contribution in [0.4, 0.5) is 11.4 Å². The lowest BCUT2D eigenvalue weighted by atomic mass is 10.2. The Morgan fingerprint density at radius 2 is 1.73 bits per heavy atom. The average Bonchev–Trinajstić information content (AvgIpc) is 2.78. The zero-order valence-corrected chi connectivity index (χ0v) is 12.9. The van der Waals surface area contributed by atoms with Crippen molar-refractivity contribution in [2.45, 2.75) is 12.5 Å². The maximum absolute atomic E-state index is 12.5. The number of para-hydroxylation sites is 1. The van der Waals surface area contributed by atoms with Crippen molar-refractivity contribution in [2.24, 2.45) is 0 Å². The molecule has 3 rings (SSSR count). The van der Waals surface area contributed by atoms with E-state index in [1.165, 1.54) is 6.07 Å². The molecule has 22 heavy (non-hydrogen) atoms. The van der Waals surface area contributed by atoms with Crippen LogP contribution >= 0.6 is 23.2 Å². The first-order chi connectivity index (χ1) is 10.6. The molecule has 1 aliphatic heterocycles. The second-order valence-electron chi connectivity index (χ2n) is 4.93. The Kier molecular flexibility index (Phi) is 4.05. The van der Waals surface area contributed by atoms with Crippen molar-refractivity contribution in [1.82, 2.24) is 0 Å². The summed E-state index contributed by atoms with van der Waals surface area (Å²) in [4.78, 5) is 25.8. The molecule has 1 aliphatic rings. The molecule has 0 spiro atoms. The second-order valence-corrected chi connectivity index (χ2v) is 5.75. The van der Waals surface area contributed by atoms with Gasteiger partial charge >= 0.3 is 0 Å². The summed E-state index contributed by atoms with van der Waals surface area (Å²) in [6, 6.07) is 13.4. The number of nitrogens with one attached hydrogen (secondary N) is 1. The molecule has 0 aromatic heterocycles. The summed E-state index contributed by atoms with van der Waals surface area (Å²) in [6.45, 7) is 0. The number of carbonyl (C=O) groups excluding carboxylic acids is 2. The average molecular weight is 335 g/mol. The fourth-order valence-electron chi connectivity index (χ4n) is 2.38. The summed E-state index contributed by atoms with van der Waals surface area (Å²) >= 11 is 11.8. The van der Waals surface area contributed by atoms with Crippen molar-refractivity contribution in [3.63, 3.8) is 0 Å². The number of rotatable bonds is 3. The number of hydrogen-bond acceptors (Lipinski definition) is 3. The van der Waals surface area contributed by atoms with Gasteiger partial charge in [0.05, 0.1) is 22.2 Å². The van der Waals surface area contributed by atoms with E-state index in [4.69, 9.17) is 23.2 Å². The molecule has 6 heteroatoms. The van der Waals surface area contributed by atoms with Gasteiger partial charge in [0.2, 0.25) is 5.91 Å². The number of amides is 2. The van der Waals surface area contributed by atoms with Gasteiger partial charge in [-0.2, -0.15) is 0 Å². The molecule has 1 atom stereocenters. The Morgan fingerprint density at radius 3 is 2.41 bits per heavy atom. The Labute approximate surface area is 137 Å². The summed E-state index contributed by atoms with van der Waals surface area (Å²) in [5.74, 6) is -0.566. The predicted molar refractivity (Wildman–Crippen MR) is 87.4 cm³/mol. The largest absolute Gasteiger partial charge is 0.373 e. The smallest absolute Gasteiger partial charge is 0.256 e. The van der Waals surface area contributed by atoms with Crippen molar-refractivity contribution < 1.29 is 9.59 Å². The molecule has 0 bridgehead atoms. The number of carbonyl (C=O) groups is 2. The lowest BCUT2D eigenvalue weighted by Gasteiger charge is -2.16. The van der Waals surface area contributed by atoms with Crippen molar-refractivity contribution in [2.75, 3.05) is 10.2 Å². The van der Waals surface area contributed by atoms with Crippen LogP contribution in [0.2, 0.25) is 10.0 Å². The van der Waals surface area contributed by atoms with Crippen LogP contribution in [0.15, 0.2) is 48.5 Å². The molecule has 112 valence electrons. The Bertz CT molecular complexity index is 734. The van der Waals surface area contributed by atoms with E-state index in [0.29, 0.717) is 15.7 Å². The highest BCUT2D eigenvalue weighted by Gasteiger charge is 2.39. The van der Waals surface area contributed by atoms with Crippen molar-refractivity contribution >= 4 is 46.4 Å². The van der Waals surface area contributed by atoms with Gasteiger partial charge in [0, 0.05) is 5.69 Å². The third kappa shape index (κ3) is 2.80. The van der Waals surface area contributed by atoms with Gasteiger partial charge in [0.1, 0.15) is 6.04 Å². The predicted octanol–water partition coefficient (Wildman–Crippen LogP) is 3.74. The van der Waals surface area contributed by atoms with Gasteiger partial charge in [0.25, 0.3) is 5.91 Å². The van der Waals surface area contributed by atoms with Crippen LogP contribution < -0.4 is 10.2 Å². The third-order valence-electron chi connectivity index (χ3n) is 3.42. The molecular weight excluding hydrogens is 323 g/mol. The molecular formula is C16H12Cl2N2O2. The fourth-order valence-corrected chi connectivity index (χ4v) is 2.67. The van der Waals surface area contributed by atoms with Gasteiger partial charge in [0.15, 0.2) is 0 Å². The number of halogens is 2. The summed E-state index contributed by atoms with van der Waals surface area (Å²) in [5, 5.41) is 3.76. The van der Waals surface area contributed by atoms with Crippen LogP contribution in [0.5, 0.6) is 0 Å². The van der Waals surface area contributed by atoms with E-state index in [9.17, 15) is 9.59 Å². The van der Waals surface area contributed by atoms with E-state index in [2.05, 4.69) is 5.32 Å². The van der Waals surface area contributed by atoms with E-state index < -0.39 is 6.04 Å². The van der Waals surface area contributed by atoms with Gasteiger partial charge < -0.3 is 5.32 Å². The standard InChI is InChI=1S/C16H12Cl2N2O2/c17-12-7-6-11(8-13(12)18)20-15(21)9-14(16(20)22)19-10-4-2-1-3-5-10/h1-8,14,19H,9H2. The Hall–Kier alpha value is -2.04. The Balaban J connectivity index is 1.83. The lowest BCUT2D eigenvalue weighted by Crippen LogP contribution is -2.34. The SMILES string of the molecule is O=C1CC(Nc2ccccc2)C(=O)N1c1ccc(Cl)c(Cl)c1. The highest BCUT2D eigenvalue weighted by molar-refractivity contribution is 6.42. The molecule has 1 unspecified atom stereocenters. The zero-order chi connectivity index (χ0) is 15.7. The van der Waals surface area contributed by atoms with E-state index in [0.717, 1.165) is 10.6 Å². The van der Waals surface area contributed by atoms with Crippen LogP contribution in [-0.2, 0) is 9.59 Å². The minimum absolute atomic E-state index is 0.105. The molecule has 2 amide bonds. The van der Waals surface area contributed by atoms with Gasteiger partial charge in [-0.15, -0.1) is 0 Å². The monoisotopic (exact) mass is 334 g/mol. The molecule has 0 aliphatic carbocycles. The first kappa shape index (κ1) is 14.9. The van der Waals surface area contributed by atoms with E-state index >= 15 is 0 Å². The van der Waals surface area contributed by atoms with E-state index in [1.54, 1.807) is 12.1 Å². The van der Waals surface area contributed by atoms with Gasteiger partial charge in [-0.25, -0.2) is 4.90 Å². The van der Waals surface area contributed by atoms with Crippen LogP contribution in [-0.4, -0.2) is 17.9 Å². The number of nitrogens with zero attached hydrogens (tertiary/aromatic N) is 1. The topological polar surface area (TPSA) is 49.4 Å². The molecule has 1 N–H and O–H groups in total. The summed E-state index contributed by atoms with van der Waals surface area (Å²) in [6.07, 6.45) is 0.105. The molecule has 1 saturated heterocycles. The zero-order valence-electron chi connectivity index (χ0n) is 11.4.